The Hall–Kier alpha value is -2.03. The molecule has 0 aliphatic carbocycles. The van der Waals surface area contributed by atoms with Crippen LogP contribution in [0, 0.1) is 0 Å². The molecular weight excluding hydrogens is 976 g/mol. The molecule has 3 unspecified atom stereocenters. The fourth-order valence-electron chi connectivity index (χ4n) is 9.65. The van der Waals surface area contributed by atoms with Crippen molar-refractivity contribution in [1.29, 1.82) is 0 Å². The van der Waals surface area contributed by atoms with Gasteiger partial charge in [0.1, 0.15) is 19.3 Å². The Labute approximate surface area is 478 Å². The minimum Gasteiger partial charge on any atom is -0.456 e. The molecule has 3 atom stereocenters. The molecule has 452 valence electrons. The van der Waals surface area contributed by atoms with Gasteiger partial charge in [-0.3, -0.25) is 18.6 Å². The number of phosphoric acid groups is 1. The minimum absolute atomic E-state index is 0.0422. The van der Waals surface area contributed by atoms with Gasteiger partial charge in [0.05, 0.1) is 33.8 Å². The maximum Gasteiger partial charge on any atom is 0.472 e. The minimum atomic E-state index is -4.44. The number of carbonyl (C=O) groups is 2. The first-order chi connectivity index (χ1) is 37.4. The van der Waals surface area contributed by atoms with Crippen molar-refractivity contribution in [1.82, 2.24) is 5.32 Å². The third-order valence-electron chi connectivity index (χ3n) is 14.8. The van der Waals surface area contributed by atoms with Crippen molar-refractivity contribution in [2.24, 2.45) is 0 Å². The fourth-order valence-corrected chi connectivity index (χ4v) is 10.4. The SMILES string of the molecule is CCCCC/C=C\C/C=C\C/C=C\CCCCCCCCCCCCCCCCC(=O)OC(/C=C\CCCCCCCCCCCCC)C(COP(=O)(O)OCC[N+](C)(C)C)NC(=O)CCCCCCCCCCCCC. The molecule has 0 aliphatic rings. The van der Waals surface area contributed by atoms with Gasteiger partial charge in [-0.25, -0.2) is 4.57 Å². The van der Waals surface area contributed by atoms with E-state index in [1.54, 1.807) is 0 Å². The Morgan fingerprint density at radius 2 is 0.792 bits per heavy atom. The van der Waals surface area contributed by atoms with Gasteiger partial charge in [0, 0.05) is 12.8 Å². The largest absolute Gasteiger partial charge is 0.472 e. The zero-order valence-corrected chi connectivity index (χ0v) is 52.6. The summed E-state index contributed by atoms with van der Waals surface area (Å²) in [5.74, 6) is -0.494. The first kappa shape index (κ1) is 75.0. The van der Waals surface area contributed by atoms with Crippen LogP contribution in [0.5, 0.6) is 0 Å². The number of hydrogen-bond acceptors (Lipinski definition) is 6. The zero-order chi connectivity index (χ0) is 56.4. The summed E-state index contributed by atoms with van der Waals surface area (Å²) >= 11 is 0. The summed E-state index contributed by atoms with van der Waals surface area (Å²) in [6.45, 7) is 7.01. The van der Waals surface area contributed by atoms with Gasteiger partial charge in [-0.1, -0.05) is 282 Å². The summed E-state index contributed by atoms with van der Waals surface area (Å²) in [6.07, 6.45) is 71.2. The highest BCUT2D eigenvalue weighted by Crippen LogP contribution is 2.43. The van der Waals surface area contributed by atoms with Gasteiger partial charge < -0.3 is 19.4 Å². The number of rotatable bonds is 60. The topological polar surface area (TPSA) is 111 Å². The standard InChI is InChI=1S/C67H127N2O7P/c1-7-10-13-16-19-22-25-27-28-29-30-31-32-33-34-35-36-37-38-39-40-42-45-48-51-54-57-60-67(71)76-65(58-55-52-49-46-44-41-26-23-20-17-14-11-8-2)64(63-75-77(72,73)74-62-61-69(4,5)6)68-66(70)59-56-53-50-47-43-24-21-18-15-12-9-3/h19,22,27-28,30-31,55,58,64-65H,7-18,20-21,23-26,29,32-54,56-57,59-63H2,1-6H3,(H-,68,70,72,73)/p+1/b22-19-,28-27-,31-30-,58-55-. The highest BCUT2D eigenvalue weighted by Gasteiger charge is 2.30. The molecule has 0 bridgehead atoms. The molecule has 0 aromatic rings. The number of nitrogens with zero attached hydrogens (tertiary/aromatic N) is 1. The number of quaternary nitrogens is 1. The average molecular weight is 1100 g/mol. The third-order valence-corrected chi connectivity index (χ3v) is 15.8. The van der Waals surface area contributed by atoms with Crippen molar-refractivity contribution in [2.45, 2.75) is 328 Å². The molecule has 77 heavy (non-hydrogen) atoms. The van der Waals surface area contributed by atoms with E-state index in [2.05, 4.69) is 62.5 Å². The second-order valence-corrected chi connectivity index (χ2v) is 25.1. The molecule has 0 saturated carbocycles. The molecular formula is C67H128N2O7P+. The van der Waals surface area contributed by atoms with E-state index in [0.29, 0.717) is 23.9 Å². The number of esters is 1. The molecule has 0 aromatic heterocycles. The smallest absolute Gasteiger partial charge is 0.456 e. The Morgan fingerprint density at radius 1 is 0.455 bits per heavy atom. The second kappa shape index (κ2) is 57.2. The molecule has 10 heteroatoms. The van der Waals surface area contributed by atoms with E-state index in [0.717, 1.165) is 70.6 Å². The van der Waals surface area contributed by atoms with Crippen molar-refractivity contribution < 1.29 is 37.3 Å². The van der Waals surface area contributed by atoms with Gasteiger partial charge in [-0.2, -0.15) is 0 Å². The van der Waals surface area contributed by atoms with Crippen LogP contribution in [0.3, 0.4) is 0 Å². The van der Waals surface area contributed by atoms with Crippen LogP contribution in [-0.4, -0.2) is 74.3 Å². The van der Waals surface area contributed by atoms with Crippen molar-refractivity contribution in [3.63, 3.8) is 0 Å². The summed E-state index contributed by atoms with van der Waals surface area (Å²) in [7, 11) is 1.51. The van der Waals surface area contributed by atoms with Gasteiger partial charge in [-0.05, 0) is 70.3 Å². The van der Waals surface area contributed by atoms with E-state index in [9.17, 15) is 19.0 Å². The number of amides is 1. The lowest BCUT2D eigenvalue weighted by Gasteiger charge is -2.27. The van der Waals surface area contributed by atoms with Crippen molar-refractivity contribution in [3.8, 4) is 0 Å². The van der Waals surface area contributed by atoms with Gasteiger partial charge in [0.2, 0.25) is 5.91 Å². The summed E-state index contributed by atoms with van der Waals surface area (Å²) in [5, 5.41) is 3.06. The molecule has 0 fully saturated rings. The van der Waals surface area contributed by atoms with E-state index in [-0.39, 0.29) is 25.1 Å². The van der Waals surface area contributed by atoms with E-state index in [1.165, 1.54) is 212 Å². The van der Waals surface area contributed by atoms with E-state index in [4.69, 9.17) is 13.8 Å². The van der Waals surface area contributed by atoms with Crippen LogP contribution in [0.4, 0.5) is 0 Å². The van der Waals surface area contributed by atoms with Gasteiger partial charge in [0.25, 0.3) is 0 Å². The van der Waals surface area contributed by atoms with E-state index in [1.807, 2.05) is 33.3 Å². The lowest BCUT2D eigenvalue weighted by molar-refractivity contribution is -0.870. The second-order valence-electron chi connectivity index (χ2n) is 23.6. The van der Waals surface area contributed by atoms with Crippen LogP contribution in [-0.2, 0) is 27.9 Å². The van der Waals surface area contributed by atoms with Gasteiger partial charge in [0.15, 0.2) is 0 Å². The monoisotopic (exact) mass is 1100 g/mol. The summed E-state index contributed by atoms with van der Waals surface area (Å²) < 4.78 is 30.7. The zero-order valence-electron chi connectivity index (χ0n) is 51.7. The Bertz CT molecular complexity index is 1460. The van der Waals surface area contributed by atoms with Crippen LogP contribution in [0.15, 0.2) is 48.6 Å². The number of nitrogens with one attached hydrogen (secondary N) is 1. The number of phosphoric ester groups is 1. The maximum atomic E-state index is 13.5. The Kier molecular flexibility index (Phi) is 55.7. The molecule has 0 aromatic carbocycles. The van der Waals surface area contributed by atoms with E-state index >= 15 is 0 Å². The molecule has 0 radical (unpaired) electrons. The molecule has 0 heterocycles. The molecule has 1 amide bonds. The molecule has 0 saturated heterocycles. The lowest BCUT2D eigenvalue weighted by atomic mass is 10.0. The number of unbranched alkanes of at least 4 members (excludes halogenated alkanes) is 38. The number of likely N-dealkylation sites (N-methyl/N-ethyl adjacent to an activating group) is 1. The number of ether oxygens (including phenoxy) is 1. The van der Waals surface area contributed by atoms with Crippen LogP contribution in [0.25, 0.3) is 0 Å². The van der Waals surface area contributed by atoms with Gasteiger partial charge in [-0.15, -0.1) is 0 Å². The first-order valence-corrected chi connectivity index (χ1v) is 34.5. The maximum absolute atomic E-state index is 13.5. The predicted molar refractivity (Wildman–Crippen MR) is 332 cm³/mol. The Balaban J connectivity index is 5.00. The highest BCUT2D eigenvalue weighted by molar-refractivity contribution is 7.47. The summed E-state index contributed by atoms with van der Waals surface area (Å²) in [6, 6.07) is -0.844. The summed E-state index contributed by atoms with van der Waals surface area (Å²) in [4.78, 5) is 37.7. The highest BCUT2D eigenvalue weighted by atomic mass is 31.2. The quantitative estimate of drug-likeness (QED) is 0.0205. The normalized spacial score (nSPS) is 13.9. The van der Waals surface area contributed by atoms with Crippen LogP contribution < -0.4 is 5.32 Å². The molecule has 0 aliphatic heterocycles. The Morgan fingerprint density at radius 3 is 1.21 bits per heavy atom. The molecule has 2 N–H and O–H groups in total. The van der Waals surface area contributed by atoms with Crippen molar-refractivity contribution in [2.75, 3.05) is 40.9 Å². The van der Waals surface area contributed by atoms with Crippen molar-refractivity contribution >= 4 is 19.7 Å². The third kappa shape index (κ3) is 58.4. The van der Waals surface area contributed by atoms with Crippen molar-refractivity contribution in [3.05, 3.63) is 48.6 Å². The fraction of sp³-hybridized carbons (Fsp3) is 0.851. The lowest BCUT2D eigenvalue weighted by Crippen LogP contribution is -2.47. The summed E-state index contributed by atoms with van der Waals surface area (Å²) in [5.41, 5.74) is 0. The first-order valence-electron chi connectivity index (χ1n) is 33.0. The number of hydrogen-bond donors (Lipinski definition) is 2. The van der Waals surface area contributed by atoms with Crippen LogP contribution in [0.1, 0.15) is 316 Å². The molecule has 0 spiro atoms. The predicted octanol–water partition coefficient (Wildman–Crippen LogP) is 20.5. The number of carbonyl (C=O) groups excluding carboxylic acids is 2. The number of allylic oxidation sites excluding steroid dienone is 7. The van der Waals surface area contributed by atoms with Gasteiger partial charge >= 0.3 is 13.8 Å². The average Bonchev–Trinajstić information content (AvgIpc) is 3.39. The molecule has 9 nitrogen and oxygen atoms in total. The van der Waals surface area contributed by atoms with E-state index < -0.39 is 20.0 Å². The molecule has 0 rings (SSSR count). The van der Waals surface area contributed by atoms with Crippen LogP contribution in [0.2, 0.25) is 0 Å². The van der Waals surface area contributed by atoms with Crippen LogP contribution >= 0.6 is 7.82 Å².